The summed E-state index contributed by atoms with van der Waals surface area (Å²) in [5.74, 6) is -0.724. The second-order valence-electron chi connectivity index (χ2n) is 1.90. The zero-order chi connectivity index (χ0) is 7.98. The molecule has 0 aliphatic carbocycles. The van der Waals surface area contributed by atoms with Gasteiger partial charge in [0.25, 0.3) is 0 Å². The topological polar surface area (TPSA) is 35.5 Å². The van der Waals surface area contributed by atoms with Gasteiger partial charge in [-0.15, -0.1) is 11.6 Å². The van der Waals surface area contributed by atoms with Crippen LogP contribution < -0.4 is 0 Å². The number of hydrogen-bond donors (Lipinski definition) is 0. The van der Waals surface area contributed by atoms with Gasteiger partial charge in [-0.3, -0.25) is 4.89 Å². The van der Waals surface area contributed by atoms with E-state index in [4.69, 9.17) is 11.6 Å². The van der Waals surface area contributed by atoms with Crippen molar-refractivity contribution in [2.24, 2.45) is 0 Å². The van der Waals surface area contributed by atoms with Gasteiger partial charge < -0.3 is 0 Å². The van der Waals surface area contributed by atoms with Gasteiger partial charge in [0.2, 0.25) is 0 Å². The lowest BCUT2D eigenvalue weighted by Gasteiger charge is -2.06. The molecular weight excluding hydrogens is 156 g/mol. The van der Waals surface area contributed by atoms with Crippen LogP contribution >= 0.6 is 11.6 Å². The summed E-state index contributed by atoms with van der Waals surface area (Å²) in [5.41, 5.74) is 0. The second-order valence-corrected chi connectivity index (χ2v) is 2.17. The van der Waals surface area contributed by atoms with Crippen LogP contribution in [-0.4, -0.2) is 18.0 Å². The molecule has 3 nitrogen and oxygen atoms in total. The first-order valence-corrected chi connectivity index (χ1v) is 3.66. The van der Waals surface area contributed by atoms with E-state index in [0.29, 0.717) is 0 Å². The fourth-order valence-electron chi connectivity index (χ4n) is 0.226. The highest BCUT2D eigenvalue weighted by atomic mass is 35.5. The van der Waals surface area contributed by atoms with Gasteiger partial charge >= 0.3 is 5.97 Å². The lowest BCUT2D eigenvalue weighted by molar-refractivity contribution is -0.292. The molecule has 0 saturated carbocycles. The van der Waals surface area contributed by atoms with Crippen molar-refractivity contribution in [3.63, 3.8) is 0 Å². The smallest absolute Gasteiger partial charge is 0.297 e. The van der Waals surface area contributed by atoms with Gasteiger partial charge in [0.05, 0.1) is 0 Å². The molecule has 0 bridgehead atoms. The summed E-state index contributed by atoms with van der Waals surface area (Å²) in [5, 5.41) is 0. The molecule has 0 aliphatic rings. The van der Waals surface area contributed by atoms with Crippen LogP contribution in [0.2, 0.25) is 0 Å². The highest BCUT2D eigenvalue weighted by Gasteiger charge is 2.04. The van der Waals surface area contributed by atoms with Crippen molar-refractivity contribution in [1.82, 2.24) is 0 Å². The number of carbonyl (C=O) groups is 1. The van der Waals surface area contributed by atoms with Gasteiger partial charge in [-0.1, -0.05) is 6.92 Å². The van der Waals surface area contributed by atoms with E-state index in [2.05, 4.69) is 9.78 Å². The van der Waals surface area contributed by atoms with Crippen molar-refractivity contribution in [3.05, 3.63) is 0 Å². The minimum Gasteiger partial charge on any atom is -0.297 e. The van der Waals surface area contributed by atoms with E-state index in [-0.39, 0.29) is 12.0 Å². The zero-order valence-electron chi connectivity index (χ0n) is 6.09. The fraction of sp³-hybridized carbons (Fsp3) is 0.833. The maximum Gasteiger partial charge on any atom is 0.356 e. The third-order valence-corrected chi connectivity index (χ3v) is 1.21. The summed E-state index contributed by atoms with van der Waals surface area (Å²) in [6.45, 7) is 3.74. The Labute approximate surface area is 65.2 Å². The van der Waals surface area contributed by atoms with Crippen molar-refractivity contribution in [2.75, 3.05) is 5.88 Å². The quantitative estimate of drug-likeness (QED) is 0.361. The molecule has 4 heteroatoms. The number of hydrogen-bond acceptors (Lipinski definition) is 3. The highest BCUT2D eigenvalue weighted by molar-refractivity contribution is 6.26. The predicted molar refractivity (Wildman–Crippen MR) is 37.7 cm³/mol. The van der Waals surface area contributed by atoms with Crippen molar-refractivity contribution in [1.29, 1.82) is 0 Å². The number of alkyl halides is 1. The molecule has 0 fully saturated rings. The SMILES string of the molecule is CCC(C)OOC(=O)CCl. The van der Waals surface area contributed by atoms with Crippen LogP contribution in [0.4, 0.5) is 0 Å². The van der Waals surface area contributed by atoms with Crippen molar-refractivity contribution in [3.8, 4) is 0 Å². The summed E-state index contributed by atoms with van der Waals surface area (Å²) in [7, 11) is 0. The maximum atomic E-state index is 10.4. The summed E-state index contributed by atoms with van der Waals surface area (Å²) >= 11 is 5.12. The van der Waals surface area contributed by atoms with Gasteiger partial charge in [-0.2, -0.15) is 4.89 Å². The van der Waals surface area contributed by atoms with E-state index in [0.717, 1.165) is 6.42 Å². The summed E-state index contributed by atoms with van der Waals surface area (Å²) < 4.78 is 0. The third kappa shape index (κ3) is 4.58. The lowest BCUT2D eigenvalue weighted by Crippen LogP contribution is -2.13. The Hall–Kier alpha value is -0.280. The zero-order valence-corrected chi connectivity index (χ0v) is 6.85. The van der Waals surface area contributed by atoms with Crippen LogP contribution in [0.5, 0.6) is 0 Å². The first kappa shape index (κ1) is 9.72. The minimum absolute atomic E-state index is 0.0628. The molecule has 0 saturated heterocycles. The van der Waals surface area contributed by atoms with Crippen LogP contribution in [0, 0.1) is 0 Å². The van der Waals surface area contributed by atoms with E-state index in [9.17, 15) is 4.79 Å². The normalized spacial score (nSPS) is 12.7. The molecule has 1 unspecified atom stereocenters. The Morgan fingerprint density at radius 1 is 1.70 bits per heavy atom. The second kappa shape index (κ2) is 5.50. The Balaban J connectivity index is 3.26. The number of carbonyl (C=O) groups excluding carboxylic acids is 1. The molecular formula is C6H11ClO3. The maximum absolute atomic E-state index is 10.4. The van der Waals surface area contributed by atoms with Crippen LogP contribution in [-0.2, 0) is 14.6 Å². The molecule has 0 heterocycles. The molecule has 60 valence electrons. The van der Waals surface area contributed by atoms with Gasteiger partial charge in [-0.25, -0.2) is 4.79 Å². The van der Waals surface area contributed by atoms with Crippen LogP contribution in [0.3, 0.4) is 0 Å². The minimum atomic E-state index is -0.554. The summed E-state index contributed by atoms with van der Waals surface area (Å²) in [6.07, 6.45) is 0.738. The van der Waals surface area contributed by atoms with E-state index in [1.807, 2.05) is 13.8 Å². The average molecular weight is 167 g/mol. The van der Waals surface area contributed by atoms with E-state index in [1.165, 1.54) is 0 Å². The van der Waals surface area contributed by atoms with Crippen LogP contribution in [0.1, 0.15) is 20.3 Å². The van der Waals surface area contributed by atoms with E-state index < -0.39 is 5.97 Å². The first-order chi connectivity index (χ1) is 4.70. The van der Waals surface area contributed by atoms with Gasteiger partial charge in [-0.05, 0) is 13.3 Å². The van der Waals surface area contributed by atoms with Gasteiger partial charge in [0.1, 0.15) is 12.0 Å². The van der Waals surface area contributed by atoms with Crippen molar-refractivity contribution < 1.29 is 14.6 Å². The number of rotatable bonds is 4. The molecule has 0 aromatic rings. The standard InChI is InChI=1S/C6H11ClO3/c1-3-5(2)9-10-6(8)4-7/h5H,3-4H2,1-2H3. The van der Waals surface area contributed by atoms with Crippen molar-refractivity contribution >= 4 is 17.6 Å². The predicted octanol–water partition coefficient (Wildman–Crippen LogP) is 1.50. The number of halogens is 1. The Bertz CT molecular complexity index is 105. The van der Waals surface area contributed by atoms with E-state index in [1.54, 1.807) is 0 Å². The van der Waals surface area contributed by atoms with Crippen molar-refractivity contribution in [2.45, 2.75) is 26.4 Å². The summed E-state index contributed by atoms with van der Waals surface area (Å²) in [4.78, 5) is 19.2. The van der Waals surface area contributed by atoms with Gasteiger partial charge in [0, 0.05) is 0 Å². The van der Waals surface area contributed by atoms with Crippen LogP contribution in [0.15, 0.2) is 0 Å². The van der Waals surface area contributed by atoms with Crippen LogP contribution in [0.25, 0.3) is 0 Å². The molecule has 0 aromatic heterocycles. The monoisotopic (exact) mass is 166 g/mol. The summed E-state index contributed by atoms with van der Waals surface area (Å²) in [6, 6.07) is 0. The molecule has 0 spiro atoms. The van der Waals surface area contributed by atoms with Gasteiger partial charge in [0.15, 0.2) is 0 Å². The third-order valence-electron chi connectivity index (χ3n) is 0.989. The van der Waals surface area contributed by atoms with E-state index >= 15 is 0 Å². The lowest BCUT2D eigenvalue weighted by atomic mass is 10.3. The largest absolute Gasteiger partial charge is 0.356 e. The Kier molecular flexibility index (Phi) is 5.35. The first-order valence-electron chi connectivity index (χ1n) is 3.12. The molecule has 0 N–H and O–H groups in total. The molecule has 0 rings (SSSR count). The molecule has 1 atom stereocenters. The molecule has 0 radical (unpaired) electrons. The average Bonchev–Trinajstić information content (AvgIpc) is 1.99. The Morgan fingerprint density at radius 2 is 2.30 bits per heavy atom. The molecule has 10 heavy (non-hydrogen) atoms. The molecule has 0 amide bonds. The molecule has 0 aliphatic heterocycles. The highest BCUT2D eigenvalue weighted by Crippen LogP contribution is 1.96. The fourth-order valence-corrected chi connectivity index (χ4v) is 0.271. The Morgan fingerprint density at radius 3 is 2.70 bits per heavy atom. The molecule has 0 aromatic carbocycles.